The first kappa shape index (κ1) is 10.9. The Kier molecular flexibility index (Phi) is 2.49. The normalized spacial score (nSPS) is 21.2. The molecule has 17 heavy (non-hydrogen) atoms. The highest BCUT2D eigenvalue weighted by Crippen LogP contribution is 2.64. The van der Waals surface area contributed by atoms with Gasteiger partial charge in [-0.05, 0) is 55.9 Å². The summed E-state index contributed by atoms with van der Waals surface area (Å²) in [5.41, 5.74) is 8.46. The topological polar surface area (TPSA) is 48.1 Å². The zero-order valence-electron chi connectivity index (χ0n) is 10.4. The second-order valence-electron chi connectivity index (χ2n) is 5.75. The smallest absolute Gasteiger partial charge is 0.216 e. The van der Waals surface area contributed by atoms with Crippen LogP contribution in [0.15, 0.2) is 12.3 Å². The van der Waals surface area contributed by atoms with Crippen molar-refractivity contribution in [3.8, 4) is 5.88 Å². The molecule has 1 aromatic heterocycles. The number of methoxy groups -OCH3 is 1. The van der Waals surface area contributed by atoms with Crippen LogP contribution >= 0.6 is 0 Å². The number of ether oxygens (including phenoxy) is 1. The Hall–Kier alpha value is -1.25. The lowest BCUT2D eigenvalue weighted by molar-refractivity contribution is 0.158. The summed E-state index contributed by atoms with van der Waals surface area (Å²) >= 11 is 0. The lowest BCUT2D eigenvalue weighted by Crippen LogP contribution is -2.25. The van der Waals surface area contributed by atoms with Crippen molar-refractivity contribution >= 4 is 5.69 Å². The van der Waals surface area contributed by atoms with E-state index in [1.165, 1.54) is 32.1 Å². The fourth-order valence-corrected chi connectivity index (χ4v) is 3.19. The van der Waals surface area contributed by atoms with Crippen molar-refractivity contribution in [3.05, 3.63) is 17.8 Å². The minimum atomic E-state index is 0.730. The van der Waals surface area contributed by atoms with E-state index in [2.05, 4.69) is 4.98 Å². The average molecular weight is 232 g/mol. The van der Waals surface area contributed by atoms with Gasteiger partial charge in [0.25, 0.3) is 0 Å². The summed E-state index contributed by atoms with van der Waals surface area (Å²) in [6, 6.07) is 2.00. The molecule has 3 rings (SSSR count). The second kappa shape index (κ2) is 3.90. The molecule has 0 bridgehead atoms. The first-order valence-electron chi connectivity index (χ1n) is 6.49. The predicted molar refractivity (Wildman–Crippen MR) is 67.9 cm³/mol. The summed E-state index contributed by atoms with van der Waals surface area (Å²) in [6.45, 7) is 0. The van der Waals surface area contributed by atoms with E-state index >= 15 is 0 Å². The molecule has 3 heteroatoms. The van der Waals surface area contributed by atoms with Crippen LogP contribution in [0.5, 0.6) is 5.88 Å². The summed E-state index contributed by atoms with van der Waals surface area (Å²) in [4.78, 5) is 4.21. The van der Waals surface area contributed by atoms with Gasteiger partial charge >= 0.3 is 0 Å². The maximum Gasteiger partial charge on any atom is 0.216 e. The molecule has 3 nitrogen and oxygen atoms in total. The Morgan fingerprint density at radius 1 is 1.47 bits per heavy atom. The van der Waals surface area contributed by atoms with Crippen LogP contribution < -0.4 is 10.5 Å². The van der Waals surface area contributed by atoms with Crippen LogP contribution in [-0.4, -0.2) is 12.1 Å². The van der Waals surface area contributed by atoms with Crippen LogP contribution in [0.25, 0.3) is 0 Å². The SMILES string of the molecule is COc1ncc(N)cc1CCC1CC2(CC2)C1. The Morgan fingerprint density at radius 2 is 2.24 bits per heavy atom. The Bertz CT molecular complexity index is 418. The number of nitrogens with two attached hydrogens (primary N) is 1. The lowest BCUT2D eigenvalue weighted by Gasteiger charge is -2.36. The van der Waals surface area contributed by atoms with Crippen molar-refractivity contribution < 1.29 is 4.74 Å². The van der Waals surface area contributed by atoms with Crippen molar-refractivity contribution in [2.45, 2.75) is 38.5 Å². The Labute approximate surface area is 102 Å². The van der Waals surface area contributed by atoms with Gasteiger partial charge in [-0.15, -0.1) is 0 Å². The van der Waals surface area contributed by atoms with E-state index < -0.39 is 0 Å². The molecular weight excluding hydrogens is 212 g/mol. The van der Waals surface area contributed by atoms with Gasteiger partial charge in [-0.3, -0.25) is 0 Å². The molecule has 0 aliphatic heterocycles. The van der Waals surface area contributed by atoms with Gasteiger partial charge in [-0.2, -0.15) is 0 Å². The van der Waals surface area contributed by atoms with Crippen LogP contribution in [0.2, 0.25) is 0 Å². The van der Waals surface area contributed by atoms with Gasteiger partial charge in [0, 0.05) is 5.56 Å². The van der Waals surface area contributed by atoms with Crippen molar-refractivity contribution in [3.63, 3.8) is 0 Å². The number of hydrogen-bond acceptors (Lipinski definition) is 3. The van der Waals surface area contributed by atoms with Gasteiger partial charge in [0.2, 0.25) is 5.88 Å². The van der Waals surface area contributed by atoms with E-state index in [0.29, 0.717) is 0 Å². The summed E-state index contributed by atoms with van der Waals surface area (Å²) in [7, 11) is 1.67. The third kappa shape index (κ3) is 2.11. The first-order chi connectivity index (χ1) is 8.21. The molecule has 2 aliphatic carbocycles. The van der Waals surface area contributed by atoms with Gasteiger partial charge in [-0.1, -0.05) is 0 Å². The quantitative estimate of drug-likeness (QED) is 0.868. The van der Waals surface area contributed by atoms with Crippen LogP contribution in [0.1, 0.15) is 37.7 Å². The molecule has 0 unspecified atom stereocenters. The molecule has 0 saturated heterocycles. The zero-order chi connectivity index (χ0) is 11.9. The molecule has 0 aromatic carbocycles. The van der Waals surface area contributed by atoms with Crippen molar-refractivity contribution in [2.24, 2.45) is 11.3 Å². The van der Waals surface area contributed by atoms with Crippen LogP contribution in [0.4, 0.5) is 5.69 Å². The van der Waals surface area contributed by atoms with Gasteiger partial charge in [0.15, 0.2) is 0 Å². The standard InChI is InChI=1S/C14H20N2O/c1-17-13-11(6-12(15)9-16-13)3-2-10-7-14(8-10)4-5-14/h6,9-10H,2-5,7-8,15H2,1H3. The summed E-state index contributed by atoms with van der Waals surface area (Å²) < 4.78 is 5.27. The number of anilines is 1. The van der Waals surface area contributed by atoms with Crippen molar-refractivity contribution in [2.75, 3.05) is 12.8 Å². The molecule has 0 amide bonds. The molecule has 0 atom stereocenters. The highest BCUT2D eigenvalue weighted by molar-refractivity contribution is 5.42. The predicted octanol–water partition coefficient (Wildman–Crippen LogP) is 2.80. The minimum absolute atomic E-state index is 0.730. The Morgan fingerprint density at radius 3 is 2.88 bits per heavy atom. The van der Waals surface area contributed by atoms with E-state index in [1.54, 1.807) is 13.3 Å². The van der Waals surface area contributed by atoms with E-state index in [-0.39, 0.29) is 0 Å². The van der Waals surface area contributed by atoms with E-state index in [1.807, 2.05) is 6.07 Å². The summed E-state index contributed by atoms with van der Waals surface area (Å²) in [5.74, 6) is 1.66. The first-order valence-corrected chi connectivity index (χ1v) is 6.49. The largest absolute Gasteiger partial charge is 0.481 e. The van der Waals surface area contributed by atoms with Crippen molar-refractivity contribution in [1.82, 2.24) is 4.98 Å². The number of hydrogen-bond donors (Lipinski definition) is 1. The van der Waals surface area contributed by atoms with Gasteiger partial charge in [0.1, 0.15) is 0 Å². The van der Waals surface area contributed by atoms with Gasteiger partial charge in [0.05, 0.1) is 19.0 Å². The molecular formula is C14H20N2O. The molecule has 1 aromatic rings. The van der Waals surface area contributed by atoms with Crippen molar-refractivity contribution in [1.29, 1.82) is 0 Å². The highest BCUT2D eigenvalue weighted by atomic mass is 16.5. The van der Waals surface area contributed by atoms with Gasteiger partial charge < -0.3 is 10.5 Å². The number of pyridine rings is 1. The molecule has 2 saturated carbocycles. The Balaban J connectivity index is 1.58. The molecule has 2 fully saturated rings. The number of aryl methyl sites for hydroxylation is 1. The molecule has 92 valence electrons. The summed E-state index contributed by atoms with van der Waals surface area (Å²) in [6.07, 6.45) is 9.81. The lowest BCUT2D eigenvalue weighted by atomic mass is 9.70. The fraction of sp³-hybridized carbons (Fsp3) is 0.643. The number of nitrogen functional groups attached to an aromatic ring is 1. The van der Waals surface area contributed by atoms with Gasteiger partial charge in [-0.25, -0.2) is 4.98 Å². The van der Waals surface area contributed by atoms with E-state index in [9.17, 15) is 0 Å². The zero-order valence-corrected chi connectivity index (χ0v) is 10.4. The minimum Gasteiger partial charge on any atom is -0.481 e. The third-order valence-electron chi connectivity index (χ3n) is 4.36. The maximum absolute atomic E-state index is 5.77. The number of aromatic nitrogens is 1. The summed E-state index contributed by atoms with van der Waals surface area (Å²) in [5, 5.41) is 0. The number of rotatable bonds is 4. The van der Waals surface area contributed by atoms with Crippen LogP contribution in [-0.2, 0) is 6.42 Å². The fourth-order valence-electron chi connectivity index (χ4n) is 3.19. The number of nitrogens with zero attached hydrogens (tertiary/aromatic N) is 1. The van der Waals surface area contributed by atoms with Crippen LogP contribution in [0, 0.1) is 11.3 Å². The average Bonchev–Trinajstić information content (AvgIpc) is 3.05. The molecule has 1 heterocycles. The monoisotopic (exact) mass is 232 g/mol. The maximum atomic E-state index is 5.77. The second-order valence-corrected chi connectivity index (χ2v) is 5.75. The van der Waals surface area contributed by atoms with E-state index in [0.717, 1.165) is 34.9 Å². The molecule has 2 aliphatic rings. The van der Waals surface area contributed by atoms with Crippen LogP contribution in [0.3, 0.4) is 0 Å². The third-order valence-corrected chi connectivity index (χ3v) is 4.36. The molecule has 2 N–H and O–H groups in total. The molecule has 0 radical (unpaired) electrons. The molecule has 1 spiro atoms. The highest BCUT2D eigenvalue weighted by Gasteiger charge is 2.52. The van der Waals surface area contributed by atoms with E-state index in [4.69, 9.17) is 10.5 Å².